The highest BCUT2D eigenvalue weighted by Gasteiger charge is 2.52. The van der Waals surface area contributed by atoms with E-state index in [9.17, 15) is 19.2 Å². The molecule has 0 aromatic heterocycles. The molecule has 0 heterocycles. The van der Waals surface area contributed by atoms with Crippen molar-refractivity contribution >= 4 is 23.9 Å². The number of rotatable bonds is 15. The van der Waals surface area contributed by atoms with E-state index in [1.165, 1.54) is 6.08 Å². The van der Waals surface area contributed by atoms with E-state index >= 15 is 0 Å². The van der Waals surface area contributed by atoms with Gasteiger partial charge in [0.15, 0.2) is 10.8 Å². The van der Waals surface area contributed by atoms with E-state index in [1.807, 2.05) is 0 Å². The van der Waals surface area contributed by atoms with Crippen LogP contribution >= 0.6 is 0 Å². The molecule has 0 fully saturated rings. The second-order valence-corrected chi connectivity index (χ2v) is 7.02. The van der Waals surface area contributed by atoms with E-state index in [2.05, 4.69) is 19.1 Å². The lowest BCUT2D eigenvalue weighted by Gasteiger charge is -2.32. The molecule has 0 amide bonds. The van der Waals surface area contributed by atoms with Crippen molar-refractivity contribution in [3.8, 4) is 12.3 Å². The van der Waals surface area contributed by atoms with E-state index in [0.717, 1.165) is 0 Å². The summed E-state index contributed by atoms with van der Waals surface area (Å²) in [4.78, 5) is 51.3. The van der Waals surface area contributed by atoms with Crippen LogP contribution in [0.25, 0.3) is 0 Å². The zero-order valence-corrected chi connectivity index (χ0v) is 19.5. The Hall–Kier alpha value is -3.08. The highest BCUT2D eigenvalue weighted by atomic mass is 16.6. The minimum atomic E-state index is -1.86. The molecule has 8 heteroatoms. The van der Waals surface area contributed by atoms with Crippen molar-refractivity contribution in [2.45, 2.75) is 53.4 Å². The maximum atomic E-state index is 12.8. The Balaban J connectivity index is 6.32. The van der Waals surface area contributed by atoms with Crippen LogP contribution in [0.2, 0.25) is 0 Å². The lowest BCUT2D eigenvalue weighted by atomic mass is 9.72. The monoisotopic (exact) mass is 450 g/mol. The molecule has 0 aromatic carbocycles. The van der Waals surface area contributed by atoms with Crippen LogP contribution in [-0.2, 0) is 38.1 Å². The molecule has 0 aliphatic carbocycles. The SMILES string of the molecule is C#CCC(CC(=C)CC(CC=C)(C(=O)OCC)C(=O)OCC)(C(=O)OCC)C(=O)OCC. The largest absolute Gasteiger partial charge is 0.465 e. The molecule has 0 rings (SSSR count). The normalized spacial score (nSPS) is 11.0. The van der Waals surface area contributed by atoms with Crippen LogP contribution in [0.15, 0.2) is 24.8 Å². The number of allylic oxidation sites excluding steroid dienone is 2. The van der Waals surface area contributed by atoms with Crippen molar-refractivity contribution in [2.75, 3.05) is 26.4 Å². The first-order chi connectivity index (χ1) is 15.1. The molecule has 0 radical (unpaired) electrons. The smallest absolute Gasteiger partial charge is 0.324 e. The Labute approximate surface area is 190 Å². The molecule has 178 valence electrons. The number of hydrogen-bond acceptors (Lipinski definition) is 8. The van der Waals surface area contributed by atoms with Crippen molar-refractivity contribution in [2.24, 2.45) is 10.8 Å². The number of ether oxygens (including phenoxy) is 4. The third-order valence-corrected chi connectivity index (χ3v) is 4.66. The first kappa shape index (κ1) is 28.9. The van der Waals surface area contributed by atoms with Crippen molar-refractivity contribution in [3.05, 3.63) is 24.8 Å². The van der Waals surface area contributed by atoms with Gasteiger partial charge in [-0.15, -0.1) is 18.9 Å². The maximum absolute atomic E-state index is 12.8. The summed E-state index contributed by atoms with van der Waals surface area (Å²) in [5.74, 6) is -1.02. The zero-order valence-electron chi connectivity index (χ0n) is 19.5. The van der Waals surface area contributed by atoms with Gasteiger partial charge in [-0.3, -0.25) is 19.2 Å². The molecule has 0 aliphatic heterocycles. The van der Waals surface area contributed by atoms with Gasteiger partial charge in [-0.25, -0.2) is 0 Å². The molecule has 8 nitrogen and oxygen atoms in total. The average Bonchev–Trinajstić information content (AvgIpc) is 2.73. The minimum absolute atomic E-state index is 0.0170. The zero-order chi connectivity index (χ0) is 24.8. The summed E-state index contributed by atoms with van der Waals surface area (Å²) in [5.41, 5.74) is -3.40. The van der Waals surface area contributed by atoms with Crippen molar-refractivity contribution in [1.82, 2.24) is 0 Å². The minimum Gasteiger partial charge on any atom is -0.465 e. The predicted molar refractivity (Wildman–Crippen MR) is 118 cm³/mol. The summed E-state index contributed by atoms with van der Waals surface area (Å²) < 4.78 is 20.5. The summed E-state index contributed by atoms with van der Waals surface area (Å²) in [5, 5.41) is 0. The molecule has 32 heavy (non-hydrogen) atoms. The molecule has 0 saturated carbocycles. The molecule has 0 bridgehead atoms. The van der Waals surface area contributed by atoms with E-state index in [0.29, 0.717) is 0 Å². The van der Waals surface area contributed by atoms with E-state index in [-0.39, 0.29) is 57.7 Å². The highest BCUT2D eigenvalue weighted by molar-refractivity contribution is 6.02. The number of carbonyl (C=O) groups excluding carboxylic acids is 4. The molecule has 0 aliphatic rings. The van der Waals surface area contributed by atoms with Gasteiger partial charge in [0.05, 0.1) is 26.4 Å². The third-order valence-electron chi connectivity index (χ3n) is 4.66. The Kier molecular flexibility index (Phi) is 12.7. The van der Waals surface area contributed by atoms with Crippen molar-refractivity contribution in [1.29, 1.82) is 0 Å². The van der Waals surface area contributed by atoms with Crippen LogP contribution in [0.3, 0.4) is 0 Å². The van der Waals surface area contributed by atoms with Crippen LogP contribution < -0.4 is 0 Å². The van der Waals surface area contributed by atoms with E-state index < -0.39 is 34.7 Å². The van der Waals surface area contributed by atoms with Gasteiger partial charge in [0.25, 0.3) is 0 Å². The van der Waals surface area contributed by atoms with Crippen molar-refractivity contribution < 1.29 is 38.1 Å². The fraction of sp³-hybridized carbons (Fsp3) is 0.583. The van der Waals surface area contributed by atoms with Gasteiger partial charge in [-0.1, -0.05) is 18.2 Å². The van der Waals surface area contributed by atoms with Crippen molar-refractivity contribution in [3.63, 3.8) is 0 Å². The van der Waals surface area contributed by atoms with Crippen LogP contribution in [0.1, 0.15) is 53.4 Å². The number of hydrogen-bond donors (Lipinski definition) is 0. The van der Waals surface area contributed by atoms with Gasteiger partial charge in [-0.2, -0.15) is 0 Å². The highest BCUT2D eigenvalue weighted by Crippen LogP contribution is 2.40. The number of carbonyl (C=O) groups is 4. The predicted octanol–water partition coefficient (Wildman–Crippen LogP) is 3.15. The Morgan fingerprint density at radius 1 is 0.781 bits per heavy atom. The maximum Gasteiger partial charge on any atom is 0.324 e. The first-order valence-corrected chi connectivity index (χ1v) is 10.5. The molecule has 0 spiro atoms. The molecule has 0 atom stereocenters. The fourth-order valence-electron chi connectivity index (χ4n) is 3.31. The number of terminal acetylenes is 1. The molecule has 0 saturated heterocycles. The quantitative estimate of drug-likeness (QED) is 0.123. The van der Waals surface area contributed by atoms with Gasteiger partial charge >= 0.3 is 23.9 Å². The summed E-state index contributed by atoms with van der Waals surface area (Å²) >= 11 is 0. The van der Waals surface area contributed by atoms with Crippen LogP contribution in [0, 0.1) is 23.2 Å². The Morgan fingerprint density at radius 3 is 1.44 bits per heavy atom. The molecule has 0 N–H and O–H groups in total. The second-order valence-electron chi connectivity index (χ2n) is 7.02. The molecular formula is C24H34O8. The Morgan fingerprint density at radius 2 is 1.12 bits per heavy atom. The van der Waals surface area contributed by atoms with Gasteiger partial charge in [0, 0.05) is 6.42 Å². The molecule has 0 unspecified atom stereocenters. The second kappa shape index (κ2) is 14.1. The average molecular weight is 451 g/mol. The third kappa shape index (κ3) is 6.98. The van der Waals surface area contributed by atoms with E-state index in [4.69, 9.17) is 25.4 Å². The van der Waals surface area contributed by atoms with E-state index in [1.54, 1.807) is 27.7 Å². The number of esters is 4. The summed E-state index contributed by atoms with van der Waals surface area (Å²) in [6.45, 7) is 14.1. The van der Waals surface area contributed by atoms with Gasteiger partial charge < -0.3 is 18.9 Å². The lowest BCUT2D eigenvalue weighted by Crippen LogP contribution is -2.45. The Bertz CT molecular complexity index is 708. The summed E-state index contributed by atoms with van der Waals surface area (Å²) in [6, 6.07) is 0. The fourth-order valence-corrected chi connectivity index (χ4v) is 3.31. The van der Waals surface area contributed by atoms with Crippen LogP contribution in [0.5, 0.6) is 0 Å². The summed E-state index contributed by atoms with van der Waals surface area (Å²) in [7, 11) is 0. The van der Waals surface area contributed by atoms with Crippen LogP contribution in [0.4, 0.5) is 0 Å². The van der Waals surface area contributed by atoms with Gasteiger partial charge in [-0.05, 0) is 47.0 Å². The van der Waals surface area contributed by atoms with Crippen LogP contribution in [-0.4, -0.2) is 50.3 Å². The van der Waals surface area contributed by atoms with Gasteiger partial charge in [0.1, 0.15) is 0 Å². The molecular weight excluding hydrogens is 416 g/mol. The molecule has 0 aromatic rings. The summed E-state index contributed by atoms with van der Waals surface area (Å²) in [6.07, 6.45) is 5.91. The standard InChI is InChI=1S/C24H34O8/c1-8-14-23(19(25)29-10-3,20(26)30-11-4)16-18(7)17-24(15-9-2,21(27)31-12-5)22(28)32-13-6/h1,9H,2,7,10-17H2,3-6H3. The lowest BCUT2D eigenvalue weighted by molar-refractivity contribution is -0.172. The van der Waals surface area contributed by atoms with Gasteiger partial charge in [0.2, 0.25) is 0 Å². The first-order valence-electron chi connectivity index (χ1n) is 10.5. The topological polar surface area (TPSA) is 105 Å².